The molecule has 0 aliphatic rings. The van der Waals surface area contributed by atoms with Crippen molar-refractivity contribution in [2.45, 2.75) is 6.42 Å². The Bertz CT molecular complexity index is 630. The molecule has 0 spiro atoms. The Morgan fingerprint density at radius 2 is 1.79 bits per heavy atom. The fraction of sp³-hybridized carbons (Fsp3) is 0.154. The summed E-state index contributed by atoms with van der Waals surface area (Å²) in [5.74, 6) is -2.72. The summed E-state index contributed by atoms with van der Waals surface area (Å²) in [4.78, 5) is 27.4. The van der Waals surface area contributed by atoms with E-state index in [9.17, 15) is 18.4 Å². The molecule has 0 atom stereocenters. The van der Waals surface area contributed by atoms with Crippen LogP contribution in [0.25, 0.3) is 0 Å². The molecule has 0 radical (unpaired) electrons. The topological polar surface area (TPSA) is 52.0 Å². The van der Waals surface area contributed by atoms with Crippen molar-refractivity contribution >= 4 is 11.6 Å². The quantitative estimate of drug-likeness (QED) is 0.628. The molecule has 98 valence electrons. The highest BCUT2D eigenvalue weighted by molar-refractivity contribution is 6.12. The summed E-state index contributed by atoms with van der Waals surface area (Å²) in [6.45, 7) is 0. The first-order valence-corrected chi connectivity index (χ1v) is 5.47. The number of hydrogen-bond donors (Lipinski definition) is 0. The summed E-state index contributed by atoms with van der Waals surface area (Å²) in [6, 6.07) is 2.46. The van der Waals surface area contributed by atoms with E-state index >= 15 is 0 Å². The molecule has 0 unspecified atom stereocenters. The Hall–Kier alpha value is -2.37. The number of halogens is 2. The van der Waals surface area contributed by atoms with Crippen LogP contribution in [-0.4, -0.2) is 21.1 Å². The highest BCUT2D eigenvalue weighted by Gasteiger charge is 2.18. The van der Waals surface area contributed by atoms with Gasteiger partial charge in [-0.25, -0.2) is 13.8 Å². The zero-order valence-corrected chi connectivity index (χ0v) is 10.1. The molecule has 0 bridgehead atoms. The average molecular weight is 264 g/mol. The summed E-state index contributed by atoms with van der Waals surface area (Å²) >= 11 is 0. The van der Waals surface area contributed by atoms with Crippen LogP contribution in [-0.2, 0) is 7.05 Å². The minimum absolute atomic E-state index is 0.130. The van der Waals surface area contributed by atoms with Crippen LogP contribution in [0.2, 0.25) is 0 Å². The predicted octanol–water partition coefficient (Wildman–Crippen LogP) is 2.15. The molecular weight excluding hydrogens is 254 g/mol. The monoisotopic (exact) mass is 264 g/mol. The minimum atomic E-state index is -0.854. The number of imidazole rings is 1. The number of carbonyl (C=O) groups is 2. The maximum absolute atomic E-state index is 13.0. The van der Waals surface area contributed by atoms with Crippen LogP contribution in [0.4, 0.5) is 8.78 Å². The van der Waals surface area contributed by atoms with E-state index in [0.29, 0.717) is 6.07 Å². The van der Waals surface area contributed by atoms with Crippen LogP contribution in [0.5, 0.6) is 0 Å². The van der Waals surface area contributed by atoms with Crippen molar-refractivity contribution in [1.29, 1.82) is 0 Å². The number of hydrogen-bond acceptors (Lipinski definition) is 3. The molecule has 0 N–H and O–H groups in total. The van der Waals surface area contributed by atoms with Crippen molar-refractivity contribution in [1.82, 2.24) is 9.55 Å². The lowest BCUT2D eigenvalue weighted by Crippen LogP contribution is -2.13. The SMILES string of the molecule is Cn1ccnc1C(=O)CC(=O)c1cc(F)cc(F)c1. The van der Waals surface area contributed by atoms with Crippen LogP contribution in [0, 0.1) is 11.6 Å². The van der Waals surface area contributed by atoms with E-state index in [-0.39, 0.29) is 11.4 Å². The second-order valence-corrected chi connectivity index (χ2v) is 4.04. The molecule has 6 heteroatoms. The third-order valence-electron chi connectivity index (χ3n) is 2.58. The Morgan fingerprint density at radius 1 is 1.16 bits per heavy atom. The Labute approximate surface area is 107 Å². The summed E-state index contributed by atoms with van der Waals surface area (Å²) in [6.07, 6.45) is 2.52. The van der Waals surface area contributed by atoms with Crippen LogP contribution >= 0.6 is 0 Å². The molecule has 19 heavy (non-hydrogen) atoms. The summed E-state index contributed by atoms with van der Waals surface area (Å²) in [5, 5.41) is 0. The minimum Gasteiger partial charge on any atom is -0.332 e. The molecule has 1 aromatic heterocycles. The largest absolute Gasteiger partial charge is 0.332 e. The smallest absolute Gasteiger partial charge is 0.205 e. The van der Waals surface area contributed by atoms with Gasteiger partial charge in [0.1, 0.15) is 11.6 Å². The molecule has 0 saturated heterocycles. The standard InChI is InChI=1S/C13H10F2N2O2/c1-17-3-2-16-13(17)12(19)7-11(18)8-4-9(14)6-10(15)5-8/h2-6H,7H2,1H3. The van der Waals surface area contributed by atoms with Gasteiger partial charge >= 0.3 is 0 Å². The average Bonchev–Trinajstić information content (AvgIpc) is 2.74. The number of aryl methyl sites for hydroxylation is 1. The van der Waals surface area contributed by atoms with Crippen molar-refractivity contribution in [3.05, 3.63) is 53.6 Å². The van der Waals surface area contributed by atoms with Crippen LogP contribution in [0.3, 0.4) is 0 Å². The zero-order chi connectivity index (χ0) is 14.0. The molecule has 0 fully saturated rings. The van der Waals surface area contributed by atoms with E-state index in [2.05, 4.69) is 4.98 Å². The van der Waals surface area contributed by atoms with E-state index in [1.165, 1.54) is 10.8 Å². The van der Waals surface area contributed by atoms with Crippen LogP contribution < -0.4 is 0 Å². The van der Waals surface area contributed by atoms with Crippen molar-refractivity contribution in [2.24, 2.45) is 7.05 Å². The maximum atomic E-state index is 13.0. The highest BCUT2D eigenvalue weighted by Crippen LogP contribution is 2.11. The van der Waals surface area contributed by atoms with E-state index < -0.39 is 29.6 Å². The van der Waals surface area contributed by atoms with Gasteiger partial charge < -0.3 is 4.57 Å². The molecule has 0 saturated carbocycles. The molecule has 2 aromatic rings. The first-order chi connectivity index (χ1) is 8.97. The fourth-order valence-electron chi connectivity index (χ4n) is 1.68. The molecular formula is C13H10F2N2O2. The van der Waals surface area contributed by atoms with Crippen LogP contribution in [0.15, 0.2) is 30.6 Å². The second kappa shape index (κ2) is 5.09. The van der Waals surface area contributed by atoms with Gasteiger partial charge in [-0.3, -0.25) is 9.59 Å². The third-order valence-corrected chi connectivity index (χ3v) is 2.58. The van der Waals surface area contributed by atoms with E-state index in [1.807, 2.05) is 0 Å². The highest BCUT2D eigenvalue weighted by atomic mass is 19.1. The summed E-state index contributed by atoms with van der Waals surface area (Å²) in [5.41, 5.74) is -0.167. The molecule has 1 heterocycles. The lowest BCUT2D eigenvalue weighted by atomic mass is 10.1. The van der Waals surface area contributed by atoms with E-state index in [4.69, 9.17) is 0 Å². The Balaban J connectivity index is 2.17. The molecule has 0 aliphatic heterocycles. The first-order valence-electron chi connectivity index (χ1n) is 5.47. The summed E-state index contributed by atoms with van der Waals surface area (Å²) in [7, 11) is 1.62. The predicted molar refractivity (Wildman–Crippen MR) is 62.8 cm³/mol. The van der Waals surface area contributed by atoms with Crippen molar-refractivity contribution in [3.8, 4) is 0 Å². The van der Waals surface area contributed by atoms with Gasteiger partial charge in [-0.05, 0) is 12.1 Å². The van der Waals surface area contributed by atoms with Gasteiger partial charge in [0.05, 0.1) is 6.42 Å². The van der Waals surface area contributed by atoms with Gasteiger partial charge in [-0.15, -0.1) is 0 Å². The van der Waals surface area contributed by atoms with Crippen molar-refractivity contribution < 1.29 is 18.4 Å². The molecule has 4 nitrogen and oxygen atoms in total. The number of rotatable bonds is 4. The first kappa shape index (κ1) is 13.1. The van der Waals surface area contributed by atoms with E-state index in [0.717, 1.165) is 12.1 Å². The Morgan fingerprint density at radius 3 is 2.32 bits per heavy atom. The molecule has 1 aromatic carbocycles. The maximum Gasteiger partial charge on any atom is 0.205 e. The number of ketones is 2. The van der Waals surface area contributed by atoms with Crippen LogP contribution in [0.1, 0.15) is 27.4 Å². The van der Waals surface area contributed by atoms with Gasteiger partial charge in [0.15, 0.2) is 11.6 Å². The van der Waals surface area contributed by atoms with Crippen molar-refractivity contribution in [3.63, 3.8) is 0 Å². The van der Waals surface area contributed by atoms with Gasteiger partial charge in [-0.2, -0.15) is 0 Å². The molecule has 0 aliphatic carbocycles. The normalized spacial score (nSPS) is 10.5. The third kappa shape index (κ3) is 2.90. The summed E-state index contributed by atoms with van der Waals surface area (Å²) < 4.78 is 27.4. The zero-order valence-electron chi connectivity index (χ0n) is 10.1. The number of Topliss-reactive ketones (excluding diaryl/α,β-unsaturated/α-hetero) is 2. The van der Waals surface area contributed by atoms with Gasteiger partial charge in [0.25, 0.3) is 0 Å². The fourth-order valence-corrected chi connectivity index (χ4v) is 1.68. The second-order valence-electron chi connectivity index (χ2n) is 4.04. The lowest BCUT2D eigenvalue weighted by Gasteiger charge is -2.02. The van der Waals surface area contributed by atoms with E-state index in [1.54, 1.807) is 13.2 Å². The molecule has 2 rings (SSSR count). The lowest BCUT2D eigenvalue weighted by molar-refractivity contribution is 0.0886. The van der Waals surface area contributed by atoms with Crippen molar-refractivity contribution in [2.75, 3.05) is 0 Å². The van der Waals surface area contributed by atoms with Gasteiger partial charge in [0, 0.05) is 31.1 Å². The Kier molecular flexibility index (Phi) is 3.50. The number of aromatic nitrogens is 2. The van der Waals surface area contributed by atoms with Gasteiger partial charge in [0.2, 0.25) is 5.78 Å². The van der Waals surface area contributed by atoms with Gasteiger partial charge in [-0.1, -0.05) is 0 Å². The number of nitrogens with zero attached hydrogens (tertiary/aromatic N) is 2. The molecule has 0 amide bonds. The number of benzene rings is 1. The number of carbonyl (C=O) groups excluding carboxylic acids is 2.